The first-order valence-corrected chi connectivity index (χ1v) is 5.35. The number of piperazine rings is 1. The molecule has 2 amide bonds. The number of carboxylic acids is 1. The van der Waals surface area contributed by atoms with Crippen LogP contribution in [-0.2, 0) is 14.4 Å². The van der Waals surface area contributed by atoms with Crippen LogP contribution in [0.25, 0.3) is 6.08 Å². The first-order chi connectivity index (χ1) is 9.04. The lowest BCUT2D eigenvalue weighted by atomic mass is 10.3. The van der Waals surface area contributed by atoms with Crippen molar-refractivity contribution in [2.24, 2.45) is 0 Å². The molecule has 0 spiro atoms. The number of carbonyl (C=O) groups is 3. The molecule has 2 heterocycles. The maximum atomic E-state index is 11.2. The molecule has 19 heavy (non-hydrogen) atoms. The van der Waals surface area contributed by atoms with E-state index in [-0.39, 0.29) is 19.0 Å². The normalized spacial score (nSPS) is 15.7. The van der Waals surface area contributed by atoms with Crippen molar-refractivity contribution < 1.29 is 19.5 Å². The Hall–Kier alpha value is -2.77. The van der Waals surface area contributed by atoms with E-state index in [9.17, 15) is 14.4 Å². The third-order valence-corrected chi connectivity index (χ3v) is 2.31. The second kappa shape index (κ2) is 5.25. The van der Waals surface area contributed by atoms with Gasteiger partial charge in [0.1, 0.15) is 13.1 Å². The van der Waals surface area contributed by atoms with Gasteiger partial charge in [0.25, 0.3) is 0 Å². The number of anilines is 1. The van der Waals surface area contributed by atoms with Crippen LogP contribution in [0.4, 0.5) is 5.95 Å². The molecule has 1 aliphatic rings. The Morgan fingerprint density at radius 2 is 1.84 bits per heavy atom. The van der Waals surface area contributed by atoms with Crippen LogP contribution in [-0.4, -0.2) is 45.9 Å². The lowest BCUT2D eigenvalue weighted by Gasteiger charge is -2.25. The molecule has 1 saturated heterocycles. The number of hydrogen-bond donors (Lipinski definition) is 2. The summed E-state index contributed by atoms with van der Waals surface area (Å²) in [6.45, 7) is 0.0199. The lowest BCUT2D eigenvalue weighted by Crippen LogP contribution is -2.52. The van der Waals surface area contributed by atoms with Gasteiger partial charge in [-0.25, -0.2) is 14.8 Å². The van der Waals surface area contributed by atoms with E-state index in [2.05, 4.69) is 15.3 Å². The van der Waals surface area contributed by atoms with Crippen LogP contribution >= 0.6 is 0 Å². The number of amides is 2. The number of rotatable bonds is 3. The maximum Gasteiger partial charge on any atom is 0.328 e. The van der Waals surface area contributed by atoms with E-state index in [0.29, 0.717) is 5.56 Å². The fraction of sp³-hybridized carbons (Fsp3) is 0.182. The predicted molar refractivity (Wildman–Crippen MR) is 64.1 cm³/mol. The summed E-state index contributed by atoms with van der Waals surface area (Å²) in [5.74, 6) is -1.64. The Morgan fingerprint density at radius 3 is 2.37 bits per heavy atom. The summed E-state index contributed by atoms with van der Waals surface area (Å²) in [6.07, 6.45) is 5.15. The molecule has 1 aromatic rings. The van der Waals surface area contributed by atoms with Crippen molar-refractivity contribution in [3.8, 4) is 0 Å². The van der Waals surface area contributed by atoms with E-state index >= 15 is 0 Å². The SMILES string of the molecule is O=C(O)/C=C/c1cnc(N2CC(=O)NC(=O)C2)nc1. The van der Waals surface area contributed by atoms with Gasteiger partial charge in [0.2, 0.25) is 17.8 Å². The van der Waals surface area contributed by atoms with Crippen molar-refractivity contribution >= 4 is 29.8 Å². The molecule has 98 valence electrons. The fourth-order valence-electron chi connectivity index (χ4n) is 1.53. The minimum absolute atomic E-state index is 0.00997. The summed E-state index contributed by atoms with van der Waals surface area (Å²) in [7, 11) is 0. The molecule has 2 N–H and O–H groups in total. The molecular weight excluding hydrogens is 252 g/mol. The third kappa shape index (κ3) is 3.35. The lowest BCUT2D eigenvalue weighted by molar-refractivity contribution is -0.132. The summed E-state index contributed by atoms with van der Waals surface area (Å²) in [5.41, 5.74) is 0.513. The van der Waals surface area contributed by atoms with Crippen LogP contribution in [0.5, 0.6) is 0 Å². The first-order valence-electron chi connectivity index (χ1n) is 5.35. The minimum atomic E-state index is -1.07. The summed E-state index contributed by atoms with van der Waals surface area (Å²) in [4.78, 5) is 42.1. The quantitative estimate of drug-likeness (QED) is 0.532. The van der Waals surface area contributed by atoms with Gasteiger partial charge in [-0.2, -0.15) is 0 Å². The minimum Gasteiger partial charge on any atom is -0.478 e. The number of nitrogens with one attached hydrogen (secondary N) is 1. The zero-order valence-electron chi connectivity index (χ0n) is 9.74. The zero-order chi connectivity index (χ0) is 13.8. The number of nitrogens with zero attached hydrogens (tertiary/aromatic N) is 3. The molecule has 0 atom stereocenters. The smallest absolute Gasteiger partial charge is 0.328 e. The Kier molecular flexibility index (Phi) is 3.51. The van der Waals surface area contributed by atoms with Crippen molar-refractivity contribution in [1.82, 2.24) is 15.3 Å². The van der Waals surface area contributed by atoms with E-state index in [1.54, 1.807) is 0 Å². The van der Waals surface area contributed by atoms with Crippen molar-refractivity contribution in [1.29, 1.82) is 0 Å². The van der Waals surface area contributed by atoms with Gasteiger partial charge in [-0.1, -0.05) is 0 Å². The largest absolute Gasteiger partial charge is 0.478 e. The van der Waals surface area contributed by atoms with Crippen molar-refractivity contribution in [3.63, 3.8) is 0 Å². The second-order valence-corrected chi connectivity index (χ2v) is 3.82. The molecule has 1 fully saturated rings. The molecule has 0 aromatic carbocycles. The average Bonchev–Trinajstić information content (AvgIpc) is 2.36. The molecule has 0 bridgehead atoms. The number of aromatic nitrogens is 2. The van der Waals surface area contributed by atoms with E-state index in [4.69, 9.17) is 5.11 Å². The summed E-state index contributed by atoms with van der Waals surface area (Å²) < 4.78 is 0. The second-order valence-electron chi connectivity index (χ2n) is 3.82. The van der Waals surface area contributed by atoms with Gasteiger partial charge in [-0.05, 0) is 6.08 Å². The Balaban J connectivity index is 2.11. The first kappa shape index (κ1) is 12.7. The summed E-state index contributed by atoms with van der Waals surface area (Å²) in [5, 5.41) is 10.6. The molecule has 8 nitrogen and oxygen atoms in total. The monoisotopic (exact) mass is 262 g/mol. The van der Waals surface area contributed by atoms with Gasteiger partial charge in [0, 0.05) is 24.0 Å². The van der Waals surface area contributed by atoms with Gasteiger partial charge in [0.15, 0.2) is 0 Å². The molecule has 1 aliphatic heterocycles. The van der Waals surface area contributed by atoms with E-state index in [1.807, 2.05) is 0 Å². The molecule has 0 unspecified atom stereocenters. The zero-order valence-corrected chi connectivity index (χ0v) is 9.74. The maximum absolute atomic E-state index is 11.2. The summed E-state index contributed by atoms with van der Waals surface area (Å²) >= 11 is 0. The van der Waals surface area contributed by atoms with Gasteiger partial charge in [0.05, 0.1) is 0 Å². The van der Waals surface area contributed by atoms with Crippen LogP contribution in [0.2, 0.25) is 0 Å². The van der Waals surface area contributed by atoms with Gasteiger partial charge in [-0.15, -0.1) is 0 Å². The molecule has 2 rings (SSSR count). The van der Waals surface area contributed by atoms with Crippen LogP contribution in [0.3, 0.4) is 0 Å². The number of carboxylic acid groups (broad SMARTS) is 1. The fourth-order valence-corrected chi connectivity index (χ4v) is 1.53. The molecule has 0 radical (unpaired) electrons. The average molecular weight is 262 g/mol. The van der Waals surface area contributed by atoms with Crippen molar-refractivity contribution in [3.05, 3.63) is 24.0 Å². The number of carbonyl (C=O) groups excluding carboxylic acids is 2. The highest BCUT2D eigenvalue weighted by atomic mass is 16.4. The highest BCUT2D eigenvalue weighted by molar-refractivity contribution is 6.02. The van der Waals surface area contributed by atoms with E-state index < -0.39 is 17.8 Å². The third-order valence-electron chi connectivity index (χ3n) is 2.31. The van der Waals surface area contributed by atoms with Crippen molar-refractivity contribution in [2.75, 3.05) is 18.0 Å². The Bertz CT molecular complexity index is 536. The van der Waals surface area contributed by atoms with Gasteiger partial charge < -0.3 is 10.0 Å². The molecule has 8 heteroatoms. The number of aliphatic carboxylic acids is 1. The van der Waals surface area contributed by atoms with Crippen LogP contribution in [0, 0.1) is 0 Å². The molecule has 0 aliphatic carbocycles. The molecular formula is C11H10N4O4. The standard InChI is InChI=1S/C11H10N4O4/c16-8-5-15(6-9(17)14-8)11-12-3-7(4-13-11)1-2-10(18)19/h1-4H,5-6H2,(H,18,19)(H,14,16,17)/b2-1+. The van der Waals surface area contributed by atoms with Crippen molar-refractivity contribution in [2.45, 2.75) is 0 Å². The van der Waals surface area contributed by atoms with Gasteiger partial charge >= 0.3 is 5.97 Å². The van der Waals surface area contributed by atoms with E-state index in [0.717, 1.165) is 6.08 Å². The van der Waals surface area contributed by atoms with E-state index in [1.165, 1.54) is 23.4 Å². The highest BCUT2D eigenvalue weighted by Gasteiger charge is 2.24. The predicted octanol–water partition coefficient (Wildman–Crippen LogP) is -0.963. The van der Waals surface area contributed by atoms with Crippen LogP contribution in [0.15, 0.2) is 18.5 Å². The summed E-state index contributed by atoms with van der Waals surface area (Å²) in [6, 6.07) is 0. The molecule has 1 aromatic heterocycles. The number of imide groups is 1. The topological polar surface area (TPSA) is 112 Å². The molecule has 0 saturated carbocycles. The van der Waals surface area contributed by atoms with Crippen LogP contribution < -0.4 is 10.2 Å². The van der Waals surface area contributed by atoms with Gasteiger partial charge in [-0.3, -0.25) is 14.9 Å². The number of hydrogen-bond acceptors (Lipinski definition) is 6. The Labute approximate surface area is 107 Å². The Morgan fingerprint density at radius 1 is 1.26 bits per heavy atom. The van der Waals surface area contributed by atoms with Crippen LogP contribution in [0.1, 0.15) is 5.56 Å². The highest BCUT2D eigenvalue weighted by Crippen LogP contribution is 2.09.